The average Bonchev–Trinajstić information content (AvgIpc) is 2.93. The fraction of sp³-hybridized carbons (Fsp3) is 0.400. The summed E-state index contributed by atoms with van der Waals surface area (Å²) in [6.07, 6.45) is 0. The van der Waals surface area contributed by atoms with Crippen LogP contribution in [0.3, 0.4) is 0 Å². The third-order valence-corrected chi connectivity index (χ3v) is 3.95. The van der Waals surface area contributed by atoms with Crippen LogP contribution in [0.4, 0.5) is 0 Å². The Bertz CT molecular complexity index is 817. The minimum atomic E-state index is -0.426. The Morgan fingerprint density at radius 3 is 2.76 bits per heavy atom. The van der Waals surface area contributed by atoms with E-state index in [1.165, 1.54) is 4.90 Å². The number of benzene rings is 1. The van der Waals surface area contributed by atoms with Crippen molar-refractivity contribution in [2.75, 3.05) is 19.6 Å². The van der Waals surface area contributed by atoms with Crippen LogP contribution in [0.25, 0.3) is 22.0 Å². The van der Waals surface area contributed by atoms with Gasteiger partial charge < -0.3 is 9.32 Å². The first kappa shape index (κ1) is 13.8. The number of quaternary nitrogens is 1. The van der Waals surface area contributed by atoms with E-state index in [0.29, 0.717) is 11.1 Å². The number of fused-ring (bicyclic) bond motifs is 3. The van der Waals surface area contributed by atoms with Crippen LogP contribution in [0.5, 0.6) is 0 Å². The van der Waals surface area contributed by atoms with Gasteiger partial charge in [0.15, 0.2) is 5.52 Å². The zero-order chi connectivity index (χ0) is 14.8. The standard InChI is InChI=1S/C15H18N4O2/c1-3-18(4-2)9-10-19-14-11-7-5-6-8-12(11)21-15(20)13(14)16-17-19/h5-8H,3-4,9-10H2,1-2H3/p+1. The molecule has 110 valence electrons. The van der Waals surface area contributed by atoms with Crippen LogP contribution in [0.1, 0.15) is 13.8 Å². The van der Waals surface area contributed by atoms with Gasteiger partial charge in [-0.3, -0.25) is 0 Å². The molecule has 0 amide bonds. The zero-order valence-electron chi connectivity index (χ0n) is 12.3. The van der Waals surface area contributed by atoms with Gasteiger partial charge in [-0.05, 0) is 26.0 Å². The predicted molar refractivity (Wildman–Crippen MR) is 80.5 cm³/mol. The molecule has 3 aromatic rings. The van der Waals surface area contributed by atoms with E-state index in [4.69, 9.17) is 4.42 Å². The Kier molecular flexibility index (Phi) is 3.70. The van der Waals surface area contributed by atoms with Gasteiger partial charge in [0.1, 0.15) is 11.1 Å². The van der Waals surface area contributed by atoms with E-state index in [-0.39, 0.29) is 0 Å². The van der Waals surface area contributed by atoms with E-state index in [1.807, 2.05) is 22.9 Å². The van der Waals surface area contributed by atoms with Crippen molar-refractivity contribution in [1.82, 2.24) is 15.0 Å². The zero-order valence-corrected chi connectivity index (χ0v) is 12.3. The van der Waals surface area contributed by atoms with Crippen LogP contribution >= 0.6 is 0 Å². The van der Waals surface area contributed by atoms with Gasteiger partial charge in [0.2, 0.25) is 0 Å². The SMILES string of the molecule is CC[NH+](CC)CCn1nnc2c(=O)oc3ccccc3c21. The molecule has 0 saturated carbocycles. The summed E-state index contributed by atoms with van der Waals surface area (Å²) >= 11 is 0. The highest BCUT2D eigenvalue weighted by atomic mass is 16.4. The van der Waals surface area contributed by atoms with Gasteiger partial charge in [-0.2, -0.15) is 0 Å². The highest BCUT2D eigenvalue weighted by Gasteiger charge is 2.15. The van der Waals surface area contributed by atoms with Gasteiger partial charge in [0, 0.05) is 5.39 Å². The Hall–Kier alpha value is -2.21. The Labute approximate surface area is 122 Å². The van der Waals surface area contributed by atoms with Crippen LogP contribution in [-0.4, -0.2) is 34.6 Å². The maximum atomic E-state index is 12.0. The second-order valence-electron chi connectivity index (χ2n) is 5.10. The number of hydrogen-bond acceptors (Lipinski definition) is 4. The topological polar surface area (TPSA) is 65.4 Å². The molecular formula is C15H19N4O2+. The number of nitrogens with one attached hydrogen (secondary N) is 1. The van der Waals surface area contributed by atoms with Gasteiger partial charge >= 0.3 is 5.63 Å². The molecule has 0 saturated heterocycles. The van der Waals surface area contributed by atoms with Crippen LogP contribution in [-0.2, 0) is 6.54 Å². The van der Waals surface area contributed by atoms with Gasteiger partial charge in [0.25, 0.3) is 0 Å². The normalized spacial score (nSPS) is 11.8. The minimum Gasteiger partial charge on any atom is -0.421 e. The van der Waals surface area contributed by atoms with E-state index < -0.39 is 5.63 Å². The van der Waals surface area contributed by atoms with Crippen LogP contribution < -0.4 is 10.5 Å². The number of likely N-dealkylation sites (N-methyl/N-ethyl adjacent to an activating group) is 1. The number of nitrogens with zero attached hydrogens (tertiary/aromatic N) is 3. The minimum absolute atomic E-state index is 0.309. The largest absolute Gasteiger partial charge is 0.421 e. The lowest BCUT2D eigenvalue weighted by Crippen LogP contribution is -3.11. The lowest BCUT2D eigenvalue weighted by atomic mass is 10.2. The molecule has 0 aliphatic carbocycles. The van der Waals surface area contributed by atoms with Crippen LogP contribution in [0, 0.1) is 0 Å². The van der Waals surface area contributed by atoms with Crippen molar-refractivity contribution < 1.29 is 9.32 Å². The monoisotopic (exact) mass is 287 g/mol. The molecule has 3 rings (SSSR count). The lowest BCUT2D eigenvalue weighted by Gasteiger charge is -2.15. The average molecular weight is 287 g/mol. The Morgan fingerprint density at radius 1 is 1.24 bits per heavy atom. The molecule has 1 aromatic carbocycles. The van der Waals surface area contributed by atoms with E-state index in [9.17, 15) is 4.79 Å². The third kappa shape index (κ3) is 2.42. The Balaban J connectivity index is 2.09. The van der Waals surface area contributed by atoms with E-state index >= 15 is 0 Å². The molecule has 0 atom stereocenters. The van der Waals surface area contributed by atoms with Crippen molar-refractivity contribution in [3.63, 3.8) is 0 Å². The smallest absolute Gasteiger partial charge is 0.366 e. The number of para-hydroxylation sites is 1. The molecule has 6 heteroatoms. The summed E-state index contributed by atoms with van der Waals surface area (Å²) in [7, 11) is 0. The fourth-order valence-corrected chi connectivity index (χ4v) is 2.64. The summed E-state index contributed by atoms with van der Waals surface area (Å²) in [4.78, 5) is 13.5. The molecule has 0 radical (unpaired) electrons. The van der Waals surface area contributed by atoms with Crippen molar-refractivity contribution in [2.24, 2.45) is 0 Å². The molecule has 0 aliphatic heterocycles. The summed E-state index contributed by atoms with van der Waals surface area (Å²) in [5, 5.41) is 9.02. The lowest BCUT2D eigenvalue weighted by molar-refractivity contribution is -0.897. The first-order chi connectivity index (χ1) is 10.2. The number of aromatic nitrogens is 3. The van der Waals surface area contributed by atoms with Crippen molar-refractivity contribution >= 4 is 22.0 Å². The predicted octanol–water partition coefficient (Wildman–Crippen LogP) is 0.462. The maximum Gasteiger partial charge on any atom is 0.366 e. The summed E-state index contributed by atoms with van der Waals surface area (Å²) < 4.78 is 7.10. The first-order valence-corrected chi connectivity index (χ1v) is 7.33. The molecule has 1 N–H and O–H groups in total. The van der Waals surface area contributed by atoms with Gasteiger partial charge in [0.05, 0.1) is 26.2 Å². The summed E-state index contributed by atoms with van der Waals surface area (Å²) in [5.41, 5.74) is 1.23. The summed E-state index contributed by atoms with van der Waals surface area (Å²) in [5.74, 6) is 0. The first-order valence-electron chi connectivity index (χ1n) is 7.33. The summed E-state index contributed by atoms with van der Waals surface area (Å²) in [6.45, 7) is 8.18. The van der Waals surface area contributed by atoms with Gasteiger partial charge in [-0.1, -0.05) is 17.3 Å². The molecule has 2 heterocycles. The second kappa shape index (κ2) is 5.65. The van der Waals surface area contributed by atoms with E-state index in [0.717, 1.165) is 37.1 Å². The highest BCUT2D eigenvalue weighted by molar-refractivity contribution is 6.00. The highest BCUT2D eigenvalue weighted by Crippen LogP contribution is 2.20. The Morgan fingerprint density at radius 2 is 2.00 bits per heavy atom. The van der Waals surface area contributed by atoms with E-state index in [1.54, 1.807) is 6.07 Å². The van der Waals surface area contributed by atoms with Gasteiger partial charge in [-0.25, -0.2) is 9.48 Å². The van der Waals surface area contributed by atoms with Crippen LogP contribution in [0.2, 0.25) is 0 Å². The summed E-state index contributed by atoms with van der Waals surface area (Å²) in [6, 6.07) is 7.51. The molecule has 0 bridgehead atoms. The van der Waals surface area contributed by atoms with Crippen molar-refractivity contribution in [1.29, 1.82) is 0 Å². The van der Waals surface area contributed by atoms with Crippen LogP contribution in [0.15, 0.2) is 33.5 Å². The molecule has 0 aliphatic rings. The molecule has 0 unspecified atom stereocenters. The third-order valence-electron chi connectivity index (χ3n) is 3.95. The molecule has 0 fully saturated rings. The molecule has 6 nitrogen and oxygen atoms in total. The molecular weight excluding hydrogens is 268 g/mol. The van der Waals surface area contributed by atoms with E-state index in [2.05, 4.69) is 24.2 Å². The second-order valence-corrected chi connectivity index (χ2v) is 5.10. The fourth-order valence-electron chi connectivity index (χ4n) is 2.64. The van der Waals surface area contributed by atoms with Crippen molar-refractivity contribution in [2.45, 2.75) is 20.4 Å². The van der Waals surface area contributed by atoms with Gasteiger partial charge in [-0.15, -0.1) is 5.10 Å². The molecule has 21 heavy (non-hydrogen) atoms. The molecule has 0 spiro atoms. The number of hydrogen-bond donors (Lipinski definition) is 1. The quantitative estimate of drug-likeness (QED) is 0.693. The van der Waals surface area contributed by atoms with Crippen molar-refractivity contribution in [3.8, 4) is 0 Å². The van der Waals surface area contributed by atoms with Crippen molar-refractivity contribution in [3.05, 3.63) is 34.7 Å². The maximum absolute atomic E-state index is 12.0. The molecule has 2 aromatic heterocycles. The number of rotatable bonds is 5.